The Labute approximate surface area is 444 Å². The van der Waals surface area contributed by atoms with E-state index in [1.54, 1.807) is 0 Å². The Morgan fingerprint density at radius 1 is 0.754 bits per heavy atom. The van der Waals surface area contributed by atoms with Crippen LogP contribution in [-0.2, 0) is 61.7 Å². The number of fused-ring (bicyclic) bond motifs is 1. The van der Waals surface area contributed by atoms with Crippen molar-refractivity contribution in [3.63, 3.8) is 0 Å². The summed E-state index contributed by atoms with van der Waals surface area (Å²) in [5, 5.41) is 49.9. The van der Waals surface area contributed by atoms with E-state index in [-0.39, 0.29) is 157 Å². The summed E-state index contributed by atoms with van der Waals surface area (Å²) in [5.74, 6) is -4.50. The summed E-state index contributed by atoms with van der Waals surface area (Å²) in [5.41, 5.74) is -4.70. The number of aromatic nitrogens is 2. The zero-order chi connectivity index (χ0) is 41.5. The van der Waals surface area contributed by atoms with E-state index < -0.39 is 119 Å². The fourth-order valence-electron chi connectivity index (χ4n) is 4.92. The van der Waals surface area contributed by atoms with Crippen molar-refractivity contribution in [3.05, 3.63) is 82.3 Å². The van der Waals surface area contributed by atoms with E-state index in [2.05, 4.69) is 29.7 Å². The van der Waals surface area contributed by atoms with Crippen LogP contribution in [0.3, 0.4) is 0 Å². The fourth-order valence-corrected chi connectivity index (χ4v) is 7.78. The summed E-state index contributed by atoms with van der Waals surface area (Å²) in [4.78, 5) is 22.8. The minimum atomic E-state index is -5.30. The van der Waals surface area contributed by atoms with Crippen molar-refractivity contribution >= 4 is 80.0 Å². The van der Waals surface area contributed by atoms with Gasteiger partial charge in [0, 0.05) is 28.5 Å². The Kier molecular flexibility index (Phi) is 22.6. The number of aryl methyl sites for hydroxylation is 1. The Balaban J connectivity index is 0.00000720. The number of azo groups is 2. The molecule has 307 valence electrons. The van der Waals surface area contributed by atoms with Gasteiger partial charge in [-0.25, -0.2) is 38.4 Å². The predicted molar refractivity (Wildman–Crippen MR) is 181 cm³/mol. The largest absolute Gasteiger partial charge is 1.00 e. The van der Waals surface area contributed by atoms with Crippen molar-refractivity contribution in [1.82, 2.24) is 9.78 Å². The molecule has 0 aliphatic rings. The summed E-state index contributed by atoms with van der Waals surface area (Å²) in [6, 6.07) is 9.33. The predicted octanol–water partition coefficient (Wildman–Crippen LogP) is -10.7. The van der Waals surface area contributed by atoms with Gasteiger partial charge in [0.2, 0.25) is 10.4 Å². The third-order valence-electron chi connectivity index (χ3n) is 7.48. The molecule has 0 aliphatic carbocycles. The van der Waals surface area contributed by atoms with E-state index in [0.29, 0.717) is 10.7 Å². The number of carbonyl (C=O) groups is 1. The second-order valence-electron chi connectivity index (χ2n) is 11.2. The number of hydrogen-bond donors (Lipinski definition) is 3. The Morgan fingerprint density at radius 3 is 1.87 bits per heavy atom. The van der Waals surface area contributed by atoms with Gasteiger partial charge in [-0.05, 0) is 66.4 Å². The maximum Gasteiger partial charge on any atom is 1.00 e. The van der Waals surface area contributed by atoms with Gasteiger partial charge in [0.15, 0.2) is 21.3 Å². The van der Waals surface area contributed by atoms with Gasteiger partial charge >= 0.3 is 118 Å². The first-order valence-electron chi connectivity index (χ1n) is 14.8. The molecule has 0 aliphatic heterocycles. The fraction of sp³-hybridized carbons (Fsp3) is 0.103. The molecule has 61 heavy (non-hydrogen) atoms. The molecule has 0 atom stereocenters. The van der Waals surface area contributed by atoms with Crippen LogP contribution < -0.4 is 129 Å². The molecule has 0 spiro atoms. The van der Waals surface area contributed by atoms with E-state index in [0.717, 1.165) is 54.6 Å². The number of carboxylic acids is 1. The number of nitrogens with zero attached hydrogens (tertiary/aromatic N) is 5. The third-order valence-corrected chi connectivity index (χ3v) is 11.5. The van der Waals surface area contributed by atoms with Crippen molar-refractivity contribution < 1.29 is 207 Å². The smallest absolute Gasteiger partial charge is 0.744 e. The van der Waals surface area contributed by atoms with Crippen LogP contribution in [0.1, 0.15) is 16.1 Å². The molecule has 5 aromatic rings. The second-order valence-corrected chi connectivity index (χ2v) is 17.1. The first kappa shape index (κ1) is 59.6. The molecule has 23 nitrogen and oxygen atoms in total. The van der Waals surface area contributed by atoms with Gasteiger partial charge in [0.25, 0.3) is 5.56 Å². The molecule has 0 unspecified atom stereocenters. The molecule has 1 aromatic heterocycles. The van der Waals surface area contributed by atoms with Crippen LogP contribution in [0.2, 0.25) is 0 Å². The molecule has 0 amide bonds. The molecule has 5 rings (SSSR count). The molecular weight excluding hydrogens is 988 g/mol. The third kappa shape index (κ3) is 14.5. The first-order chi connectivity index (χ1) is 25.9. The van der Waals surface area contributed by atoms with Gasteiger partial charge in [0.1, 0.15) is 48.7 Å². The van der Waals surface area contributed by atoms with Gasteiger partial charge in [-0.15, -0.1) is 20.5 Å². The van der Waals surface area contributed by atoms with E-state index in [4.69, 9.17) is 0 Å². The van der Waals surface area contributed by atoms with E-state index in [1.165, 1.54) is 6.92 Å². The van der Waals surface area contributed by atoms with Crippen molar-refractivity contribution in [3.8, 4) is 17.2 Å². The number of nitrogens with one attached hydrogen (secondary N) is 1. The summed E-state index contributed by atoms with van der Waals surface area (Å²) in [7, 11) is -19.7. The molecule has 1 radical (unpaired) electrons. The van der Waals surface area contributed by atoms with Gasteiger partial charge < -0.3 is 33.8 Å². The molecule has 1 heterocycles. The van der Waals surface area contributed by atoms with Gasteiger partial charge in [0.05, 0.1) is 38.7 Å². The topological polar surface area (TPSA) is 383 Å². The second kappa shape index (κ2) is 23.2. The number of phenolic OH excluding ortho intramolecular Hbond substituents is 2. The van der Waals surface area contributed by atoms with Crippen LogP contribution in [0.4, 0.5) is 22.7 Å². The van der Waals surface area contributed by atoms with Gasteiger partial charge in [-0.3, -0.25) is 14.1 Å². The van der Waals surface area contributed by atoms with Crippen molar-refractivity contribution in [2.45, 2.75) is 21.6 Å². The quantitative estimate of drug-likeness (QED) is 0.0427. The minimum absolute atomic E-state index is 0. The molecule has 32 heteroatoms. The number of benzene rings is 4. The molecule has 0 saturated carbocycles. The number of hydrogen-bond acceptors (Lipinski definition) is 21. The van der Waals surface area contributed by atoms with Gasteiger partial charge in [-0.2, -0.15) is 0 Å². The van der Waals surface area contributed by atoms with Crippen LogP contribution in [0.5, 0.6) is 11.5 Å². The van der Waals surface area contributed by atoms with Crippen LogP contribution in [-0.4, -0.2) is 85.7 Å². The molecular formula is C29H20CuN6Na4O17S4. The number of rotatable bonds is 13. The SMILES string of the molecule is Cc1cc(N=Nc2cc3c(O)c(N=Nc4c(C(=O)[O-])[nH]n(-c5ccc(S(=O)(=O)[O-])cc5)c4=O)ccc3cc2S(=O)(=O)[O-])c(O)cc1S(=O)(=O)CCOS(=O)(=O)[O-].[Cu].[Na+].[Na+].[Na+].[Na+]. The number of aromatic hydroxyl groups is 2. The average molecular weight is 1010 g/mol. The number of H-pyrrole nitrogens is 1. The number of phenols is 2. The molecule has 0 bridgehead atoms. The van der Waals surface area contributed by atoms with Crippen molar-refractivity contribution in [1.29, 1.82) is 0 Å². The minimum Gasteiger partial charge on any atom is -0.744 e. The number of sulfone groups is 1. The normalized spacial score (nSPS) is 11.9. The summed E-state index contributed by atoms with van der Waals surface area (Å²) < 4.78 is 132. The number of carbonyl (C=O) groups excluding carboxylic acids is 1. The summed E-state index contributed by atoms with van der Waals surface area (Å²) in [6.07, 6.45) is 0. The van der Waals surface area contributed by atoms with Crippen LogP contribution in [0.25, 0.3) is 16.5 Å². The Morgan fingerprint density at radius 2 is 1.33 bits per heavy atom. The van der Waals surface area contributed by atoms with Crippen LogP contribution >= 0.6 is 0 Å². The number of carboxylic acid groups (broad SMARTS) is 1. The maximum absolute atomic E-state index is 13.1. The first-order valence-corrected chi connectivity index (χ1v) is 20.6. The zero-order valence-electron chi connectivity index (χ0n) is 31.9. The standard InChI is InChI=1S/C29H24N6O17S4.Cu.4Na/c1-14-10-20(22(36)13-23(14)53(41,42)9-8-52-56(49,50)51)31-32-21-12-18-15(11-24(21)55(46,47)48)2-7-19(27(18)37)30-33-25-26(29(39)40)34-35(28(25)38)16-3-5-17(6-4-16)54(43,44)45;;;;;/h2-7,10-13,34,36-37H,8-9H2,1H3,(H,39,40)(H,43,44,45)(H,46,47,48)(H,49,50,51);;;;;/q;;4*+1/p-4. The number of aromatic carboxylic acids is 1. The maximum atomic E-state index is 13.1. The van der Waals surface area contributed by atoms with Gasteiger partial charge in [-0.1, -0.05) is 6.07 Å². The summed E-state index contributed by atoms with van der Waals surface area (Å²) in [6.45, 7) is 0.221. The van der Waals surface area contributed by atoms with Crippen LogP contribution in [0, 0.1) is 6.92 Å². The van der Waals surface area contributed by atoms with Crippen molar-refractivity contribution in [2.75, 3.05) is 12.4 Å². The average Bonchev–Trinajstić information content (AvgIpc) is 3.42. The molecule has 4 aromatic carbocycles. The zero-order valence-corrected chi connectivity index (χ0v) is 44.1. The number of aromatic amines is 1. The molecule has 3 N–H and O–H groups in total. The van der Waals surface area contributed by atoms with E-state index >= 15 is 0 Å². The molecule has 0 saturated heterocycles. The van der Waals surface area contributed by atoms with Crippen molar-refractivity contribution in [2.24, 2.45) is 20.5 Å². The van der Waals surface area contributed by atoms with E-state index in [9.17, 15) is 72.2 Å². The summed E-state index contributed by atoms with van der Waals surface area (Å²) >= 11 is 0. The monoisotopic (exact) mass is 1010 g/mol. The molecule has 0 fully saturated rings. The van der Waals surface area contributed by atoms with Crippen LogP contribution in [0.15, 0.2) is 101 Å². The Hall–Kier alpha value is -1.42. The van der Waals surface area contributed by atoms with E-state index in [1.807, 2.05) is 0 Å². The Bertz CT molecular complexity index is 3040.